The van der Waals surface area contributed by atoms with Gasteiger partial charge in [-0.3, -0.25) is 0 Å². The Kier molecular flexibility index (Phi) is 7.56. The average molecular weight is 356 g/mol. The molecule has 1 aliphatic rings. The quantitative estimate of drug-likeness (QED) is 0.624. The molecular weight excluding hydrogens is 329 g/mol. The molecule has 0 atom stereocenters. The lowest BCUT2D eigenvalue weighted by atomic mass is 9.98. The van der Waals surface area contributed by atoms with Crippen LogP contribution in [0.4, 0.5) is 10.1 Å². The second-order valence-electron chi connectivity index (χ2n) is 6.22. The Labute approximate surface area is 136 Å². The number of benzene rings is 1. The molecule has 0 aliphatic heterocycles. The predicted molar refractivity (Wildman–Crippen MR) is 92.3 cm³/mol. The van der Waals surface area contributed by atoms with Crippen LogP contribution in [-0.2, 0) is 0 Å². The molecule has 0 radical (unpaired) electrons. The Morgan fingerprint density at radius 3 is 1.90 bits per heavy atom. The van der Waals surface area contributed by atoms with E-state index in [4.69, 9.17) is 0 Å². The van der Waals surface area contributed by atoms with Crippen LogP contribution < -0.4 is 5.32 Å². The van der Waals surface area contributed by atoms with Gasteiger partial charge in [-0.25, -0.2) is 4.39 Å². The van der Waals surface area contributed by atoms with E-state index in [2.05, 4.69) is 21.2 Å². The van der Waals surface area contributed by atoms with Crippen LogP contribution in [0.15, 0.2) is 22.7 Å². The molecule has 1 nitrogen and oxygen atoms in total. The van der Waals surface area contributed by atoms with Crippen molar-refractivity contribution in [2.24, 2.45) is 0 Å². The summed E-state index contributed by atoms with van der Waals surface area (Å²) >= 11 is 3.46. The number of halogens is 2. The van der Waals surface area contributed by atoms with Gasteiger partial charge in [0.2, 0.25) is 0 Å². The Morgan fingerprint density at radius 2 is 1.38 bits per heavy atom. The first kappa shape index (κ1) is 16.8. The van der Waals surface area contributed by atoms with Crippen molar-refractivity contribution in [3.8, 4) is 0 Å². The van der Waals surface area contributed by atoms with E-state index in [0.717, 1.165) is 10.2 Å². The van der Waals surface area contributed by atoms with E-state index in [1.165, 1.54) is 82.8 Å². The van der Waals surface area contributed by atoms with Gasteiger partial charge < -0.3 is 5.32 Å². The summed E-state index contributed by atoms with van der Waals surface area (Å²) in [6.07, 6.45) is 14.7. The fourth-order valence-electron chi connectivity index (χ4n) is 3.13. The third kappa shape index (κ3) is 6.37. The summed E-state index contributed by atoms with van der Waals surface area (Å²) in [5, 5.41) is 3.61. The monoisotopic (exact) mass is 355 g/mol. The van der Waals surface area contributed by atoms with Crippen LogP contribution in [-0.4, -0.2) is 6.04 Å². The molecule has 1 saturated carbocycles. The van der Waals surface area contributed by atoms with Crippen LogP contribution >= 0.6 is 15.9 Å². The molecule has 1 aromatic carbocycles. The van der Waals surface area contributed by atoms with Crippen LogP contribution in [0.1, 0.15) is 70.6 Å². The number of rotatable bonds is 2. The highest BCUT2D eigenvalue weighted by Gasteiger charge is 2.11. The standard InChI is InChI=1S/C18H27BrFN/c19-17-14-15(20)12-13-18(17)21-16-10-8-6-4-2-1-3-5-7-9-11-16/h12-14,16,21H,1-11H2. The number of hydrogen-bond donors (Lipinski definition) is 1. The molecule has 0 saturated heterocycles. The van der Waals surface area contributed by atoms with Crippen molar-refractivity contribution < 1.29 is 4.39 Å². The number of anilines is 1. The van der Waals surface area contributed by atoms with E-state index in [0.29, 0.717) is 6.04 Å². The lowest BCUT2D eigenvalue weighted by Crippen LogP contribution is -2.20. The Morgan fingerprint density at radius 1 is 0.857 bits per heavy atom. The third-order valence-electron chi connectivity index (χ3n) is 4.40. The molecule has 0 amide bonds. The fourth-order valence-corrected chi connectivity index (χ4v) is 3.60. The molecule has 1 aliphatic carbocycles. The zero-order chi connectivity index (χ0) is 14.9. The summed E-state index contributed by atoms with van der Waals surface area (Å²) in [6.45, 7) is 0. The van der Waals surface area contributed by atoms with E-state index in [9.17, 15) is 4.39 Å². The van der Waals surface area contributed by atoms with Gasteiger partial charge in [0.05, 0.1) is 0 Å². The maximum atomic E-state index is 13.2. The topological polar surface area (TPSA) is 12.0 Å². The van der Waals surface area contributed by atoms with E-state index >= 15 is 0 Å². The summed E-state index contributed by atoms with van der Waals surface area (Å²) in [5.74, 6) is -0.189. The van der Waals surface area contributed by atoms with Crippen molar-refractivity contribution >= 4 is 21.6 Å². The molecule has 1 fully saturated rings. The maximum absolute atomic E-state index is 13.2. The van der Waals surface area contributed by atoms with Crippen LogP contribution in [0.25, 0.3) is 0 Å². The average Bonchev–Trinajstić information content (AvgIpc) is 2.44. The zero-order valence-corrected chi connectivity index (χ0v) is 14.4. The predicted octanol–water partition coefficient (Wildman–Crippen LogP) is 6.67. The Balaban J connectivity index is 1.90. The fraction of sp³-hybridized carbons (Fsp3) is 0.667. The highest BCUT2D eigenvalue weighted by atomic mass is 79.9. The van der Waals surface area contributed by atoms with Crippen LogP contribution in [0, 0.1) is 5.82 Å². The van der Waals surface area contributed by atoms with Gasteiger partial charge in [-0.2, -0.15) is 0 Å². The van der Waals surface area contributed by atoms with Crippen molar-refractivity contribution in [2.45, 2.75) is 76.7 Å². The lowest BCUT2D eigenvalue weighted by molar-refractivity contribution is 0.480. The summed E-state index contributed by atoms with van der Waals surface area (Å²) in [6, 6.07) is 5.43. The Hall–Kier alpha value is -0.570. The highest BCUT2D eigenvalue weighted by Crippen LogP contribution is 2.26. The number of hydrogen-bond acceptors (Lipinski definition) is 1. The molecule has 1 N–H and O–H groups in total. The minimum atomic E-state index is -0.189. The van der Waals surface area contributed by atoms with Crippen LogP contribution in [0.2, 0.25) is 0 Å². The van der Waals surface area contributed by atoms with E-state index in [1.54, 1.807) is 0 Å². The van der Waals surface area contributed by atoms with Gasteiger partial charge in [0.25, 0.3) is 0 Å². The van der Waals surface area contributed by atoms with E-state index in [1.807, 2.05) is 6.07 Å². The largest absolute Gasteiger partial charge is 0.381 e. The second-order valence-corrected chi connectivity index (χ2v) is 7.08. The van der Waals surface area contributed by atoms with Crippen molar-refractivity contribution in [3.63, 3.8) is 0 Å². The molecule has 1 aromatic rings. The highest BCUT2D eigenvalue weighted by molar-refractivity contribution is 9.10. The Bertz CT molecular complexity index is 410. The number of nitrogens with one attached hydrogen (secondary N) is 1. The van der Waals surface area contributed by atoms with Gasteiger partial charge in [0.15, 0.2) is 0 Å². The van der Waals surface area contributed by atoms with Crippen molar-refractivity contribution in [1.82, 2.24) is 0 Å². The summed E-state index contributed by atoms with van der Waals surface area (Å²) in [4.78, 5) is 0. The van der Waals surface area contributed by atoms with Gasteiger partial charge in [-0.05, 0) is 47.0 Å². The summed E-state index contributed by atoms with van der Waals surface area (Å²) in [5.41, 5.74) is 1.02. The molecule has 0 aromatic heterocycles. The van der Waals surface area contributed by atoms with E-state index < -0.39 is 0 Å². The molecule has 0 bridgehead atoms. The molecule has 118 valence electrons. The SMILES string of the molecule is Fc1ccc(NC2CCCCCCCCCCC2)c(Br)c1. The second kappa shape index (κ2) is 9.45. The van der Waals surface area contributed by atoms with E-state index in [-0.39, 0.29) is 5.82 Å². The normalized spacial score (nSPS) is 19.5. The molecule has 2 rings (SSSR count). The molecule has 0 heterocycles. The first-order valence-electron chi connectivity index (χ1n) is 8.47. The zero-order valence-electron chi connectivity index (χ0n) is 12.8. The maximum Gasteiger partial charge on any atom is 0.124 e. The van der Waals surface area contributed by atoms with Gasteiger partial charge >= 0.3 is 0 Å². The van der Waals surface area contributed by atoms with Gasteiger partial charge in [-0.15, -0.1) is 0 Å². The molecule has 21 heavy (non-hydrogen) atoms. The summed E-state index contributed by atoms with van der Waals surface area (Å²) < 4.78 is 14.0. The molecule has 3 heteroatoms. The third-order valence-corrected chi connectivity index (χ3v) is 5.05. The van der Waals surface area contributed by atoms with Crippen molar-refractivity contribution in [1.29, 1.82) is 0 Å². The first-order valence-corrected chi connectivity index (χ1v) is 9.26. The van der Waals surface area contributed by atoms with Crippen LogP contribution in [0.3, 0.4) is 0 Å². The molecular formula is C18H27BrFN. The smallest absolute Gasteiger partial charge is 0.124 e. The van der Waals surface area contributed by atoms with Crippen LogP contribution in [0.5, 0.6) is 0 Å². The minimum absolute atomic E-state index is 0.189. The van der Waals surface area contributed by atoms with Gasteiger partial charge in [0, 0.05) is 16.2 Å². The van der Waals surface area contributed by atoms with Crippen molar-refractivity contribution in [3.05, 3.63) is 28.5 Å². The lowest BCUT2D eigenvalue weighted by Gasteiger charge is -2.21. The van der Waals surface area contributed by atoms with Gasteiger partial charge in [0.1, 0.15) is 5.82 Å². The summed E-state index contributed by atoms with van der Waals surface area (Å²) in [7, 11) is 0. The molecule has 0 spiro atoms. The van der Waals surface area contributed by atoms with Crippen molar-refractivity contribution in [2.75, 3.05) is 5.32 Å². The molecule has 0 unspecified atom stereocenters. The van der Waals surface area contributed by atoms with Gasteiger partial charge in [-0.1, -0.05) is 57.8 Å². The minimum Gasteiger partial charge on any atom is -0.381 e. The first-order chi connectivity index (χ1) is 10.3.